The van der Waals surface area contributed by atoms with Gasteiger partial charge in [-0.25, -0.2) is 9.50 Å². The van der Waals surface area contributed by atoms with Gasteiger partial charge in [-0.2, -0.15) is 5.10 Å². The normalized spacial score (nSPS) is 16.6. The quantitative estimate of drug-likeness (QED) is 0.565. The zero-order valence-electron chi connectivity index (χ0n) is 16.4. The first-order valence-electron chi connectivity index (χ1n) is 9.77. The van der Waals surface area contributed by atoms with Crippen molar-refractivity contribution in [3.8, 4) is 0 Å². The Morgan fingerprint density at radius 3 is 2.67 bits per heavy atom. The van der Waals surface area contributed by atoms with Gasteiger partial charge in [0.1, 0.15) is 5.69 Å². The van der Waals surface area contributed by atoms with Crippen LogP contribution in [0.1, 0.15) is 26.5 Å². The van der Waals surface area contributed by atoms with Crippen molar-refractivity contribution in [1.29, 1.82) is 0 Å². The van der Waals surface area contributed by atoms with Gasteiger partial charge in [0.05, 0.1) is 24.3 Å². The van der Waals surface area contributed by atoms with Crippen LogP contribution in [0.3, 0.4) is 0 Å². The molecule has 0 radical (unpaired) electrons. The van der Waals surface area contributed by atoms with Gasteiger partial charge in [0.15, 0.2) is 11.5 Å². The van der Waals surface area contributed by atoms with Gasteiger partial charge in [-0.05, 0) is 12.1 Å². The number of fused-ring (bicyclic) bond motifs is 2. The lowest BCUT2D eigenvalue weighted by Crippen LogP contribution is -2.41. The second-order valence-corrected chi connectivity index (χ2v) is 7.33. The third-order valence-electron chi connectivity index (χ3n) is 5.46. The molecule has 0 N–H and O–H groups in total. The van der Waals surface area contributed by atoms with E-state index in [-0.39, 0.29) is 28.9 Å². The van der Waals surface area contributed by atoms with Crippen molar-refractivity contribution in [2.75, 3.05) is 37.7 Å². The summed E-state index contributed by atoms with van der Waals surface area (Å²) >= 11 is 0. The molecule has 1 saturated heterocycles. The summed E-state index contributed by atoms with van der Waals surface area (Å²) in [6.45, 7) is 2.08. The highest BCUT2D eigenvalue weighted by atomic mass is 16.5. The molecule has 3 aromatic heterocycles. The number of nitrogens with zero attached hydrogens (tertiary/aromatic N) is 6. The number of carbonyl (C=O) groups is 2. The summed E-state index contributed by atoms with van der Waals surface area (Å²) in [5.74, 6) is -0.303. The number of hydrogen-bond acceptors (Lipinski definition) is 7. The molecule has 0 saturated carbocycles. The van der Waals surface area contributed by atoms with Crippen molar-refractivity contribution in [2.24, 2.45) is 7.05 Å². The summed E-state index contributed by atoms with van der Waals surface area (Å²) in [6, 6.07) is 5.55. The number of pyridine rings is 2. The molecular formula is C20H20N6O4. The standard InChI is InChI=1S/C20H20N6O4/c1-23-12-13-16(17(20(23)29)24-8-10-30-11-9-24)19(28)25(18(13)27)7-5-14-21-15-4-2-3-6-26(15)22-14/h2-4,6,12H,5,7-11H2,1H3. The number of morpholine rings is 1. The van der Waals surface area contributed by atoms with E-state index in [0.717, 1.165) is 0 Å². The molecule has 0 aliphatic carbocycles. The fraction of sp³-hybridized carbons (Fsp3) is 0.350. The lowest BCUT2D eigenvalue weighted by Gasteiger charge is -2.29. The molecule has 154 valence electrons. The number of aromatic nitrogens is 4. The first-order valence-corrected chi connectivity index (χ1v) is 9.77. The predicted molar refractivity (Wildman–Crippen MR) is 107 cm³/mol. The Morgan fingerprint density at radius 1 is 1.10 bits per heavy atom. The van der Waals surface area contributed by atoms with Crippen LogP contribution in [0.5, 0.6) is 0 Å². The van der Waals surface area contributed by atoms with Crippen LogP contribution in [-0.2, 0) is 18.2 Å². The minimum atomic E-state index is -0.446. The second kappa shape index (κ2) is 7.06. The number of aryl methyl sites for hydroxylation is 1. The molecule has 2 amide bonds. The van der Waals surface area contributed by atoms with Gasteiger partial charge < -0.3 is 14.2 Å². The summed E-state index contributed by atoms with van der Waals surface area (Å²) in [4.78, 5) is 46.5. The molecule has 0 atom stereocenters. The SMILES string of the molecule is Cn1cc2c(c(N3CCOCC3)c1=O)C(=O)N(CCc1nc3ccccn3n1)C2=O. The van der Waals surface area contributed by atoms with Crippen molar-refractivity contribution < 1.29 is 14.3 Å². The number of rotatable bonds is 4. The first-order chi connectivity index (χ1) is 14.5. The van der Waals surface area contributed by atoms with Crippen LogP contribution in [0, 0.1) is 0 Å². The van der Waals surface area contributed by atoms with Gasteiger partial charge in [0, 0.05) is 45.5 Å². The van der Waals surface area contributed by atoms with Gasteiger partial charge in [-0.3, -0.25) is 19.3 Å². The third-order valence-corrected chi connectivity index (χ3v) is 5.46. The summed E-state index contributed by atoms with van der Waals surface area (Å²) in [7, 11) is 1.59. The minimum absolute atomic E-state index is 0.143. The van der Waals surface area contributed by atoms with E-state index in [2.05, 4.69) is 10.1 Å². The van der Waals surface area contributed by atoms with Gasteiger partial charge >= 0.3 is 0 Å². The molecule has 10 heteroatoms. The van der Waals surface area contributed by atoms with Crippen molar-refractivity contribution in [3.05, 3.63) is 57.9 Å². The highest BCUT2D eigenvalue weighted by molar-refractivity contribution is 6.23. The fourth-order valence-electron chi connectivity index (χ4n) is 3.95. The minimum Gasteiger partial charge on any atom is -0.378 e. The third kappa shape index (κ3) is 2.88. The highest BCUT2D eigenvalue weighted by Crippen LogP contribution is 2.29. The van der Waals surface area contributed by atoms with Crippen molar-refractivity contribution in [2.45, 2.75) is 6.42 Å². The number of ether oxygens (including phenoxy) is 1. The van der Waals surface area contributed by atoms with Gasteiger partial charge in [0.2, 0.25) is 0 Å². The van der Waals surface area contributed by atoms with E-state index in [1.807, 2.05) is 23.1 Å². The van der Waals surface area contributed by atoms with Crippen LogP contribution < -0.4 is 10.5 Å². The van der Waals surface area contributed by atoms with E-state index in [0.29, 0.717) is 44.2 Å². The van der Waals surface area contributed by atoms with E-state index in [1.54, 1.807) is 17.8 Å². The summed E-state index contributed by atoms with van der Waals surface area (Å²) in [5, 5.41) is 4.37. The van der Waals surface area contributed by atoms with E-state index >= 15 is 0 Å². The molecule has 1 fully saturated rings. The van der Waals surface area contributed by atoms with Crippen molar-refractivity contribution in [1.82, 2.24) is 24.1 Å². The van der Waals surface area contributed by atoms with Gasteiger partial charge in [0.25, 0.3) is 17.4 Å². The largest absolute Gasteiger partial charge is 0.378 e. The summed E-state index contributed by atoms with van der Waals surface area (Å²) in [5.41, 5.74) is 1.14. The van der Waals surface area contributed by atoms with Gasteiger partial charge in [-0.1, -0.05) is 6.07 Å². The Kier molecular flexibility index (Phi) is 4.35. The molecule has 0 aromatic carbocycles. The topological polar surface area (TPSA) is 102 Å². The fourth-order valence-corrected chi connectivity index (χ4v) is 3.95. The smallest absolute Gasteiger partial charge is 0.274 e. The van der Waals surface area contributed by atoms with Crippen LogP contribution >= 0.6 is 0 Å². The maximum Gasteiger partial charge on any atom is 0.274 e. The molecule has 2 aliphatic heterocycles. The molecule has 2 aliphatic rings. The molecule has 5 rings (SSSR count). The lowest BCUT2D eigenvalue weighted by atomic mass is 10.1. The van der Waals surface area contributed by atoms with E-state index in [1.165, 1.54) is 15.7 Å². The monoisotopic (exact) mass is 408 g/mol. The molecule has 5 heterocycles. The lowest BCUT2D eigenvalue weighted by molar-refractivity contribution is 0.0655. The van der Waals surface area contributed by atoms with E-state index in [9.17, 15) is 14.4 Å². The number of anilines is 1. The maximum absolute atomic E-state index is 13.2. The number of carbonyl (C=O) groups excluding carboxylic acids is 2. The molecular weight excluding hydrogens is 388 g/mol. The second-order valence-electron chi connectivity index (χ2n) is 7.33. The number of imide groups is 1. The predicted octanol–water partition coefficient (Wildman–Crippen LogP) is 0.103. The number of hydrogen-bond donors (Lipinski definition) is 0. The zero-order chi connectivity index (χ0) is 20.8. The molecule has 0 spiro atoms. The molecule has 30 heavy (non-hydrogen) atoms. The zero-order valence-corrected chi connectivity index (χ0v) is 16.4. The van der Waals surface area contributed by atoms with Crippen molar-refractivity contribution in [3.63, 3.8) is 0 Å². The average Bonchev–Trinajstić information content (AvgIpc) is 3.27. The van der Waals surface area contributed by atoms with Crippen molar-refractivity contribution >= 4 is 23.1 Å². The Labute approximate surface area is 171 Å². The van der Waals surface area contributed by atoms with Gasteiger partial charge in [-0.15, -0.1) is 0 Å². The maximum atomic E-state index is 13.2. The van der Waals surface area contributed by atoms with E-state index in [4.69, 9.17) is 4.74 Å². The molecule has 3 aromatic rings. The van der Waals surface area contributed by atoms with Crippen LogP contribution in [0.25, 0.3) is 5.65 Å². The molecule has 0 unspecified atom stereocenters. The Hall–Kier alpha value is -3.53. The Bertz CT molecular complexity index is 1190. The van der Waals surface area contributed by atoms with Crippen LogP contribution in [0.4, 0.5) is 5.69 Å². The summed E-state index contributed by atoms with van der Waals surface area (Å²) in [6.07, 6.45) is 3.57. The Morgan fingerprint density at radius 2 is 1.90 bits per heavy atom. The van der Waals surface area contributed by atoms with Crippen LogP contribution in [-0.4, -0.2) is 68.7 Å². The average molecular weight is 408 g/mol. The van der Waals surface area contributed by atoms with Crippen LogP contribution in [0.2, 0.25) is 0 Å². The van der Waals surface area contributed by atoms with E-state index < -0.39 is 11.8 Å². The molecule has 0 bridgehead atoms. The van der Waals surface area contributed by atoms with Crippen LogP contribution in [0.15, 0.2) is 35.4 Å². The molecule has 10 nitrogen and oxygen atoms in total. The summed E-state index contributed by atoms with van der Waals surface area (Å²) < 4.78 is 8.38. The first kappa shape index (κ1) is 18.5. The number of amides is 2. The highest BCUT2D eigenvalue weighted by Gasteiger charge is 2.40. The Balaban J connectivity index is 1.46.